The highest BCUT2D eigenvalue weighted by molar-refractivity contribution is 5.14. The van der Waals surface area contributed by atoms with E-state index in [1.807, 2.05) is 0 Å². The molecule has 3 heterocycles. The molecule has 0 N–H and O–H groups in total. The van der Waals surface area contributed by atoms with Gasteiger partial charge in [0.25, 0.3) is 0 Å². The lowest BCUT2D eigenvalue weighted by molar-refractivity contribution is 0.0608. The Hall–Kier alpha value is -0.460. The molecule has 2 fully saturated rings. The SMILES string of the molecule is CC1CC2=CCCC3CCCC(C1)N23. The Bertz CT molecular complexity index is 256. The molecule has 2 saturated heterocycles. The first-order valence-corrected chi connectivity index (χ1v) is 6.32. The molecule has 0 aliphatic carbocycles. The Kier molecular flexibility index (Phi) is 2.07. The Balaban J connectivity index is 1.90. The van der Waals surface area contributed by atoms with E-state index in [0.717, 1.165) is 18.0 Å². The van der Waals surface area contributed by atoms with Gasteiger partial charge in [0, 0.05) is 17.8 Å². The zero-order valence-electron chi connectivity index (χ0n) is 9.21. The second-order valence-electron chi connectivity index (χ2n) is 5.46. The van der Waals surface area contributed by atoms with Crippen molar-refractivity contribution in [2.24, 2.45) is 5.92 Å². The Morgan fingerprint density at radius 3 is 3.00 bits per heavy atom. The van der Waals surface area contributed by atoms with Crippen LogP contribution in [0.1, 0.15) is 51.9 Å². The first kappa shape index (κ1) is 8.82. The van der Waals surface area contributed by atoms with Gasteiger partial charge in [-0.15, -0.1) is 0 Å². The van der Waals surface area contributed by atoms with Crippen LogP contribution in [0.2, 0.25) is 0 Å². The molecule has 0 saturated carbocycles. The minimum absolute atomic E-state index is 0.907. The summed E-state index contributed by atoms with van der Waals surface area (Å²) in [6.07, 6.45) is 12.5. The number of rotatable bonds is 0. The summed E-state index contributed by atoms with van der Waals surface area (Å²) in [4.78, 5) is 2.80. The molecule has 3 rings (SSSR count). The van der Waals surface area contributed by atoms with Gasteiger partial charge < -0.3 is 4.90 Å². The Labute approximate surface area is 87.2 Å². The van der Waals surface area contributed by atoms with Gasteiger partial charge in [-0.2, -0.15) is 0 Å². The van der Waals surface area contributed by atoms with Crippen LogP contribution in [-0.4, -0.2) is 17.0 Å². The molecular weight excluding hydrogens is 170 g/mol. The number of nitrogens with zero attached hydrogens (tertiary/aromatic N) is 1. The summed E-state index contributed by atoms with van der Waals surface area (Å²) in [6.45, 7) is 2.43. The lowest BCUT2D eigenvalue weighted by atomic mass is 9.79. The van der Waals surface area contributed by atoms with E-state index in [4.69, 9.17) is 0 Å². The van der Waals surface area contributed by atoms with Crippen molar-refractivity contribution in [3.63, 3.8) is 0 Å². The van der Waals surface area contributed by atoms with Crippen molar-refractivity contribution in [1.29, 1.82) is 0 Å². The maximum atomic E-state index is 2.80. The van der Waals surface area contributed by atoms with Crippen LogP contribution in [0.25, 0.3) is 0 Å². The van der Waals surface area contributed by atoms with Crippen molar-refractivity contribution in [3.8, 4) is 0 Å². The third-order valence-corrected chi connectivity index (χ3v) is 4.31. The van der Waals surface area contributed by atoms with Gasteiger partial charge >= 0.3 is 0 Å². The van der Waals surface area contributed by atoms with Crippen LogP contribution in [0.5, 0.6) is 0 Å². The molecule has 3 aliphatic rings. The highest BCUT2D eigenvalue weighted by atomic mass is 15.2. The maximum Gasteiger partial charge on any atom is 0.0292 e. The number of allylic oxidation sites excluding steroid dienone is 2. The summed E-state index contributed by atoms with van der Waals surface area (Å²) >= 11 is 0. The monoisotopic (exact) mass is 191 g/mol. The molecule has 14 heavy (non-hydrogen) atoms. The zero-order valence-corrected chi connectivity index (χ0v) is 9.21. The van der Waals surface area contributed by atoms with Crippen molar-refractivity contribution < 1.29 is 0 Å². The maximum absolute atomic E-state index is 2.80. The average molecular weight is 191 g/mol. The van der Waals surface area contributed by atoms with Crippen LogP contribution >= 0.6 is 0 Å². The predicted octanol–water partition coefficient (Wildman–Crippen LogP) is 3.32. The van der Waals surface area contributed by atoms with Crippen molar-refractivity contribution in [1.82, 2.24) is 4.90 Å². The van der Waals surface area contributed by atoms with Crippen LogP contribution in [-0.2, 0) is 0 Å². The molecule has 0 aromatic rings. The van der Waals surface area contributed by atoms with Crippen molar-refractivity contribution in [2.75, 3.05) is 0 Å². The highest BCUT2D eigenvalue weighted by Gasteiger charge is 2.37. The molecule has 0 aromatic heterocycles. The molecule has 3 aliphatic heterocycles. The molecule has 3 unspecified atom stereocenters. The fraction of sp³-hybridized carbons (Fsp3) is 0.846. The fourth-order valence-electron chi connectivity index (χ4n) is 3.79. The first-order valence-electron chi connectivity index (χ1n) is 6.32. The quantitative estimate of drug-likeness (QED) is 0.568. The second kappa shape index (κ2) is 3.29. The van der Waals surface area contributed by atoms with Crippen LogP contribution in [0.3, 0.4) is 0 Å². The second-order valence-corrected chi connectivity index (χ2v) is 5.46. The largest absolute Gasteiger partial charge is 0.369 e. The lowest BCUT2D eigenvalue weighted by Crippen LogP contribution is -2.50. The van der Waals surface area contributed by atoms with Gasteiger partial charge in [0.2, 0.25) is 0 Å². The topological polar surface area (TPSA) is 3.24 Å². The number of hydrogen-bond acceptors (Lipinski definition) is 1. The third kappa shape index (κ3) is 1.29. The van der Waals surface area contributed by atoms with Gasteiger partial charge in [0.15, 0.2) is 0 Å². The van der Waals surface area contributed by atoms with Crippen LogP contribution < -0.4 is 0 Å². The molecule has 0 aromatic carbocycles. The average Bonchev–Trinajstić information content (AvgIpc) is 2.18. The predicted molar refractivity (Wildman–Crippen MR) is 59.0 cm³/mol. The van der Waals surface area contributed by atoms with Gasteiger partial charge in [-0.3, -0.25) is 0 Å². The van der Waals surface area contributed by atoms with E-state index in [0.29, 0.717) is 0 Å². The van der Waals surface area contributed by atoms with Gasteiger partial charge in [0.1, 0.15) is 0 Å². The lowest BCUT2D eigenvalue weighted by Gasteiger charge is -2.51. The molecule has 1 nitrogen and oxygen atoms in total. The summed E-state index contributed by atoms with van der Waals surface area (Å²) in [7, 11) is 0. The van der Waals surface area contributed by atoms with Gasteiger partial charge in [-0.05, 0) is 50.9 Å². The highest BCUT2D eigenvalue weighted by Crippen LogP contribution is 2.41. The van der Waals surface area contributed by atoms with Crippen molar-refractivity contribution in [2.45, 2.75) is 64.0 Å². The van der Waals surface area contributed by atoms with Crippen LogP contribution in [0.15, 0.2) is 11.8 Å². The summed E-state index contributed by atoms with van der Waals surface area (Å²) < 4.78 is 0. The molecule has 0 spiro atoms. The standard InChI is InChI=1S/C13H21N/c1-10-8-12-6-2-4-11-5-3-7-13(9-10)14(11)12/h6,10-11,13H,2-5,7-9H2,1H3. The first-order chi connectivity index (χ1) is 6.84. The Morgan fingerprint density at radius 2 is 2.07 bits per heavy atom. The van der Waals surface area contributed by atoms with Crippen LogP contribution in [0, 0.1) is 5.92 Å². The fourth-order valence-corrected chi connectivity index (χ4v) is 3.79. The van der Waals surface area contributed by atoms with Crippen molar-refractivity contribution >= 4 is 0 Å². The van der Waals surface area contributed by atoms with E-state index in [-0.39, 0.29) is 0 Å². The number of hydrogen-bond donors (Lipinski definition) is 0. The van der Waals surface area contributed by atoms with E-state index in [1.54, 1.807) is 5.70 Å². The van der Waals surface area contributed by atoms with Crippen molar-refractivity contribution in [3.05, 3.63) is 11.8 Å². The zero-order chi connectivity index (χ0) is 9.54. The molecule has 78 valence electrons. The van der Waals surface area contributed by atoms with Crippen LogP contribution in [0.4, 0.5) is 0 Å². The van der Waals surface area contributed by atoms with E-state index in [9.17, 15) is 0 Å². The van der Waals surface area contributed by atoms with E-state index in [1.165, 1.54) is 44.9 Å². The smallest absolute Gasteiger partial charge is 0.0292 e. The summed E-state index contributed by atoms with van der Waals surface area (Å²) in [5, 5.41) is 0. The normalized spacial score (nSPS) is 41.6. The Morgan fingerprint density at radius 1 is 1.21 bits per heavy atom. The molecule has 0 amide bonds. The van der Waals surface area contributed by atoms with E-state index >= 15 is 0 Å². The number of piperidine rings is 2. The summed E-state index contributed by atoms with van der Waals surface area (Å²) in [5.74, 6) is 0.930. The van der Waals surface area contributed by atoms with Gasteiger partial charge in [0.05, 0.1) is 0 Å². The minimum Gasteiger partial charge on any atom is -0.369 e. The summed E-state index contributed by atoms with van der Waals surface area (Å²) in [5.41, 5.74) is 1.70. The van der Waals surface area contributed by atoms with Gasteiger partial charge in [-0.1, -0.05) is 13.0 Å². The minimum atomic E-state index is 0.907. The van der Waals surface area contributed by atoms with E-state index < -0.39 is 0 Å². The molecule has 0 bridgehead atoms. The third-order valence-electron chi connectivity index (χ3n) is 4.31. The molecule has 0 radical (unpaired) electrons. The molecule has 3 atom stereocenters. The molecular formula is C13H21N. The molecule has 1 heteroatoms. The summed E-state index contributed by atoms with van der Waals surface area (Å²) in [6, 6.07) is 1.82. The van der Waals surface area contributed by atoms with E-state index in [2.05, 4.69) is 17.9 Å². The van der Waals surface area contributed by atoms with Gasteiger partial charge in [-0.25, -0.2) is 0 Å².